The molecule has 0 aromatic carbocycles. The number of anilines is 1. The Balaban J connectivity index is 2.09. The summed E-state index contributed by atoms with van der Waals surface area (Å²) in [6, 6.07) is 4.10. The van der Waals surface area contributed by atoms with Gasteiger partial charge < -0.3 is 10.1 Å². The van der Waals surface area contributed by atoms with Crippen molar-refractivity contribution >= 4 is 17.5 Å². The highest BCUT2D eigenvalue weighted by atomic mass is 35.5. The first-order valence-electron chi connectivity index (χ1n) is 5.87. The van der Waals surface area contributed by atoms with Crippen LogP contribution < -0.4 is 10.1 Å². The summed E-state index contributed by atoms with van der Waals surface area (Å²) in [5.41, 5.74) is 2.03. The summed E-state index contributed by atoms with van der Waals surface area (Å²) < 4.78 is 5.20. The van der Waals surface area contributed by atoms with Gasteiger partial charge >= 0.3 is 6.01 Å². The van der Waals surface area contributed by atoms with Crippen LogP contribution in [0.1, 0.15) is 18.2 Å². The minimum absolute atomic E-state index is 0.0960. The van der Waals surface area contributed by atoms with Gasteiger partial charge in [-0.05, 0) is 37.1 Å². The van der Waals surface area contributed by atoms with E-state index < -0.39 is 0 Å². The zero-order valence-electron chi connectivity index (χ0n) is 10.7. The quantitative estimate of drug-likeness (QED) is 0.905. The topological polar surface area (TPSA) is 72.8 Å². The van der Waals surface area contributed by atoms with E-state index in [2.05, 4.69) is 25.3 Å². The lowest BCUT2D eigenvalue weighted by Gasteiger charge is -2.07. The molecule has 0 aliphatic heterocycles. The third-order valence-corrected chi connectivity index (χ3v) is 2.56. The van der Waals surface area contributed by atoms with Crippen LogP contribution >= 0.6 is 11.6 Å². The number of halogens is 1. The fourth-order valence-electron chi connectivity index (χ4n) is 1.47. The average Bonchev–Trinajstić information content (AvgIpc) is 2.37. The summed E-state index contributed by atoms with van der Waals surface area (Å²) in [6.45, 7) is 4.83. The Morgan fingerprint density at radius 1 is 1.32 bits per heavy atom. The fraction of sp³-hybridized carbons (Fsp3) is 0.333. The highest BCUT2D eigenvalue weighted by Gasteiger charge is 2.06. The molecule has 0 saturated heterocycles. The Labute approximate surface area is 116 Å². The molecule has 0 saturated carbocycles. The Morgan fingerprint density at radius 2 is 2.16 bits per heavy atom. The van der Waals surface area contributed by atoms with Gasteiger partial charge in [-0.2, -0.15) is 15.0 Å². The second-order valence-corrected chi connectivity index (χ2v) is 4.10. The molecule has 0 bridgehead atoms. The Hall–Kier alpha value is -1.95. The van der Waals surface area contributed by atoms with Crippen LogP contribution in [0, 0.1) is 6.92 Å². The standard InChI is InChI=1S/C12H14ClN5O/c1-3-19-12-17-10(13)16-11(18-12)15-7-9-8(2)5-4-6-14-9/h4-6H,3,7H2,1-2H3,(H,15,16,17,18). The summed E-state index contributed by atoms with van der Waals surface area (Å²) in [5, 5.41) is 3.15. The van der Waals surface area contributed by atoms with Gasteiger partial charge in [0.15, 0.2) is 0 Å². The van der Waals surface area contributed by atoms with E-state index in [1.54, 1.807) is 6.20 Å². The first-order chi connectivity index (χ1) is 9.19. The third-order valence-electron chi connectivity index (χ3n) is 2.39. The van der Waals surface area contributed by atoms with Crippen molar-refractivity contribution in [3.05, 3.63) is 34.9 Å². The molecule has 2 aromatic rings. The van der Waals surface area contributed by atoms with E-state index in [1.807, 2.05) is 26.0 Å². The largest absolute Gasteiger partial charge is 0.464 e. The number of hydrogen-bond acceptors (Lipinski definition) is 6. The van der Waals surface area contributed by atoms with Crippen LogP contribution in [-0.4, -0.2) is 26.5 Å². The molecule has 0 spiro atoms. The zero-order chi connectivity index (χ0) is 13.7. The number of nitrogens with zero attached hydrogens (tertiary/aromatic N) is 4. The van der Waals surface area contributed by atoms with Crippen molar-refractivity contribution in [3.63, 3.8) is 0 Å². The number of rotatable bonds is 5. The van der Waals surface area contributed by atoms with E-state index in [9.17, 15) is 0 Å². The predicted molar refractivity (Wildman–Crippen MR) is 72.3 cm³/mol. The summed E-state index contributed by atoms with van der Waals surface area (Å²) >= 11 is 5.80. The van der Waals surface area contributed by atoms with Crippen LogP contribution in [0.15, 0.2) is 18.3 Å². The van der Waals surface area contributed by atoms with E-state index in [-0.39, 0.29) is 11.3 Å². The van der Waals surface area contributed by atoms with E-state index in [1.165, 1.54) is 0 Å². The van der Waals surface area contributed by atoms with E-state index in [0.717, 1.165) is 11.3 Å². The Kier molecular flexibility index (Phi) is 4.46. The normalized spacial score (nSPS) is 10.3. The summed E-state index contributed by atoms with van der Waals surface area (Å²) in [5.74, 6) is 0.369. The Morgan fingerprint density at radius 3 is 2.89 bits per heavy atom. The average molecular weight is 280 g/mol. The van der Waals surface area contributed by atoms with Crippen molar-refractivity contribution < 1.29 is 4.74 Å². The van der Waals surface area contributed by atoms with Gasteiger partial charge in [0, 0.05) is 6.20 Å². The molecule has 1 N–H and O–H groups in total. The molecule has 2 heterocycles. The lowest BCUT2D eigenvalue weighted by atomic mass is 10.2. The molecule has 0 unspecified atom stereocenters. The van der Waals surface area contributed by atoms with Gasteiger partial charge in [-0.15, -0.1) is 0 Å². The molecule has 100 valence electrons. The monoisotopic (exact) mass is 279 g/mol. The van der Waals surface area contributed by atoms with Gasteiger partial charge in [-0.1, -0.05) is 6.07 Å². The van der Waals surface area contributed by atoms with Crippen molar-refractivity contribution in [2.45, 2.75) is 20.4 Å². The van der Waals surface area contributed by atoms with Crippen LogP contribution in [0.5, 0.6) is 6.01 Å². The highest BCUT2D eigenvalue weighted by molar-refractivity contribution is 6.28. The van der Waals surface area contributed by atoms with Gasteiger partial charge in [0.1, 0.15) is 0 Å². The maximum Gasteiger partial charge on any atom is 0.322 e. The second kappa shape index (κ2) is 6.29. The van der Waals surface area contributed by atoms with Crippen LogP contribution in [0.25, 0.3) is 0 Å². The van der Waals surface area contributed by atoms with Gasteiger partial charge in [0.05, 0.1) is 18.8 Å². The van der Waals surface area contributed by atoms with E-state index in [4.69, 9.17) is 16.3 Å². The number of pyridine rings is 1. The lowest BCUT2D eigenvalue weighted by molar-refractivity contribution is 0.312. The zero-order valence-corrected chi connectivity index (χ0v) is 11.5. The molecule has 0 radical (unpaired) electrons. The number of ether oxygens (including phenoxy) is 1. The van der Waals surface area contributed by atoms with Crippen molar-refractivity contribution in [1.29, 1.82) is 0 Å². The first-order valence-corrected chi connectivity index (χ1v) is 6.25. The van der Waals surface area contributed by atoms with E-state index >= 15 is 0 Å². The summed E-state index contributed by atoms with van der Waals surface area (Å²) in [6.07, 6.45) is 1.75. The SMILES string of the molecule is CCOc1nc(Cl)nc(NCc2ncccc2C)n1. The van der Waals surface area contributed by atoms with Gasteiger partial charge in [-0.25, -0.2) is 0 Å². The van der Waals surface area contributed by atoms with Gasteiger partial charge in [0.25, 0.3) is 0 Å². The van der Waals surface area contributed by atoms with Crippen molar-refractivity contribution in [2.75, 3.05) is 11.9 Å². The molecule has 7 heteroatoms. The molecular weight excluding hydrogens is 266 g/mol. The molecule has 19 heavy (non-hydrogen) atoms. The highest BCUT2D eigenvalue weighted by Crippen LogP contribution is 2.12. The van der Waals surface area contributed by atoms with Crippen LogP contribution in [0.3, 0.4) is 0 Å². The summed E-state index contributed by atoms with van der Waals surface area (Å²) in [4.78, 5) is 16.2. The molecule has 0 atom stereocenters. The lowest BCUT2D eigenvalue weighted by Crippen LogP contribution is -2.08. The van der Waals surface area contributed by atoms with Crippen molar-refractivity contribution in [3.8, 4) is 6.01 Å². The molecule has 2 rings (SSSR count). The van der Waals surface area contributed by atoms with Crippen LogP contribution in [-0.2, 0) is 6.54 Å². The van der Waals surface area contributed by atoms with Gasteiger partial charge in [-0.3, -0.25) is 4.98 Å². The number of aromatic nitrogens is 4. The smallest absolute Gasteiger partial charge is 0.322 e. The van der Waals surface area contributed by atoms with Crippen LogP contribution in [0.4, 0.5) is 5.95 Å². The predicted octanol–water partition coefficient (Wildman–Crippen LogP) is 2.24. The molecule has 6 nitrogen and oxygen atoms in total. The minimum atomic E-state index is 0.0960. The molecule has 2 aromatic heterocycles. The maximum absolute atomic E-state index is 5.80. The fourth-order valence-corrected chi connectivity index (χ4v) is 1.62. The minimum Gasteiger partial charge on any atom is -0.464 e. The van der Waals surface area contributed by atoms with Crippen molar-refractivity contribution in [1.82, 2.24) is 19.9 Å². The van der Waals surface area contributed by atoms with E-state index in [0.29, 0.717) is 19.1 Å². The van der Waals surface area contributed by atoms with Crippen LogP contribution in [0.2, 0.25) is 5.28 Å². The molecular formula is C12H14ClN5O. The summed E-state index contributed by atoms with van der Waals surface area (Å²) in [7, 11) is 0. The molecule has 0 aliphatic carbocycles. The number of aryl methyl sites for hydroxylation is 1. The second-order valence-electron chi connectivity index (χ2n) is 3.76. The van der Waals surface area contributed by atoms with Crippen molar-refractivity contribution in [2.24, 2.45) is 0 Å². The first kappa shape index (κ1) is 13.5. The Bertz CT molecular complexity index is 564. The number of hydrogen-bond donors (Lipinski definition) is 1. The third kappa shape index (κ3) is 3.75. The molecule has 0 aliphatic rings. The molecule has 0 amide bonds. The maximum atomic E-state index is 5.80. The van der Waals surface area contributed by atoms with Gasteiger partial charge in [0.2, 0.25) is 11.2 Å². The molecule has 0 fully saturated rings. The number of nitrogens with one attached hydrogen (secondary N) is 1.